The van der Waals surface area contributed by atoms with Gasteiger partial charge in [0.15, 0.2) is 0 Å². The van der Waals surface area contributed by atoms with Crippen molar-refractivity contribution in [3.63, 3.8) is 0 Å². The Bertz CT molecular complexity index is 177. The van der Waals surface area contributed by atoms with E-state index in [0.717, 1.165) is 6.26 Å². The van der Waals surface area contributed by atoms with Crippen molar-refractivity contribution in [1.82, 2.24) is 0 Å². The van der Waals surface area contributed by atoms with Crippen LogP contribution in [0.4, 0.5) is 0 Å². The molecule has 0 aliphatic carbocycles. The molecule has 0 saturated heterocycles. The van der Waals surface area contributed by atoms with Crippen molar-refractivity contribution in [2.45, 2.75) is 0 Å². The molecule has 0 bridgehead atoms. The first-order chi connectivity index (χ1) is 3.06. The molecule has 0 aliphatic rings. The van der Waals surface area contributed by atoms with Gasteiger partial charge in [-0.25, -0.2) is 0 Å². The maximum Gasteiger partial charge on any atom is 0.456 e. The Kier molecular flexibility index (Phi) is 5.58. The molecule has 0 aromatic carbocycles. The number of nitriles is 1. The van der Waals surface area contributed by atoms with Crippen molar-refractivity contribution in [1.29, 1.82) is 5.26 Å². The normalized spacial score (nSPS) is 8.50. The predicted octanol–water partition coefficient (Wildman–Crippen LogP) is -0.716. The van der Waals surface area contributed by atoms with Crippen LogP contribution in [0.5, 0.6) is 0 Å². The molecule has 0 saturated carbocycles. The minimum atomic E-state index is -4.54. The third kappa shape index (κ3) is 9.46. The fourth-order valence-corrected chi connectivity index (χ4v) is 0.141. The zero-order chi connectivity index (χ0) is 5.91. The molecule has 0 fully saturated rings. The Morgan fingerprint density at radius 1 is 1.62 bits per heavy atom. The summed E-state index contributed by atoms with van der Waals surface area (Å²) in [6.07, 6.45) is 0.770. The van der Waals surface area contributed by atoms with Gasteiger partial charge in [0.05, 0.1) is 0 Å². The Morgan fingerprint density at radius 3 is 2.00 bits per heavy atom. The SMILES string of the molecule is N#COS(=O)(=O)O.[Hg]. The van der Waals surface area contributed by atoms with Crippen molar-refractivity contribution in [3.05, 3.63) is 0 Å². The van der Waals surface area contributed by atoms with Crippen LogP contribution in [0.1, 0.15) is 0 Å². The van der Waals surface area contributed by atoms with E-state index in [1.54, 1.807) is 0 Å². The van der Waals surface area contributed by atoms with Gasteiger partial charge in [0.1, 0.15) is 0 Å². The molecule has 8 heavy (non-hydrogen) atoms. The monoisotopic (exact) mass is 325 g/mol. The summed E-state index contributed by atoms with van der Waals surface area (Å²) >= 11 is 0. The molecular formula is CHHgNO4S. The summed E-state index contributed by atoms with van der Waals surface area (Å²) < 4.78 is 29.3. The molecule has 0 aliphatic heterocycles. The van der Waals surface area contributed by atoms with Crippen molar-refractivity contribution in [2.75, 3.05) is 0 Å². The number of hydrogen-bond donors (Lipinski definition) is 1. The summed E-state index contributed by atoms with van der Waals surface area (Å²) in [5.74, 6) is 0. The summed E-state index contributed by atoms with van der Waals surface area (Å²) in [5.41, 5.74) is 0. The molecule has 0 spiro atoms. The van der Waals surface area contributed by atoms with Gasteiger partial charge in [0.25, 0.3) is 0 Å². The zero-order valence-electron chi connectivity index (χ0n) is 3.73. The van der Waals surface area contributed by atoms with E-state index in [4.69, 9.17) is 9.81 Å². The molecule has 1 N–H and O–H groups in total. The fourth-order valence-electron chi connectivity index (χ4n) is 0.0471. The van der Waals surface area contributed by atoms with Gasteiger partial charge in [-0.3, -0.25) is 8.74 Å². The molecule has 42 valence electrons. The van der Waals surface area contributed by atoms with Crippen LogP contribution in [0.15, 0.2) is 0 Å². The number of hydrogen-bond acceptors (Lipinski definition) is 4. The van der Waals surface area contributed by atoms with Gasteiger partial charge >= 0.3 is 16.7 Å². The van der Waals surface area contributed by atoms with Gasteiger partial charge in [-0.1, -0.05) is 0 Å². The summed E-state index contributed by atoms with van der Waals surface area (Å²) in [6, 6.07) is 0. The third-order valence-corrected chi connectivity index (χ3v) is 0.428. The van der Waals surface area contributed by atoms with Crippen molar-refractivity contribution in [2.24, 2.45) is 0 Å². The molecule has 0 radical (unpaired) electrons. The van der Waals surface area contributed by atoms with Crippen LogP contribution < -0.4 is 0 Å². The van der Waals surface area contributed by atoms with E-state index in [1.165, 1.54) is 0 Å². The van der Waals surface area contributed by atoms with Crippen molar-refractivity contribution < 1.29 is 44.8 Å². The van der Waals surface area contributed by atoms with Crippen LogP contribution in [0, 0.1) is 11.5 Å². The molecule has 0 atom stereocenters. The molecule has 0 amide bonds. The second-order valence-corrected chi connectivity index (χ2v) is 1.62. The second kappa shape index (κ2) is 4.06. The van der Waals surface area contributed by atoms with Gasteiger partial charge in [-0.05, 0) is 0 Å². The summed E-state index contributed by atoms with van der Waals surface area (Å²) in [5, 5.41) is 7.39. The quantitative estimate of drug-likeness (QED) is 0.391. The summed E-state index contributed by atoms with van der Waals surface area (Å²) in [4.78, 5) is 0. The fraction of sp³-hybridized carbons (Fsp3) is 0. The maximum atomic E-state index is 9.34. The first kappa shape index (κ1) is 11.0. The number of rotatable bonds is 1. The summed E-state index contributed by atoms with van der Waals surface area (Å²) in [6.45, 7) is 0. The van der Waals surface area contributed by atoms with Crippen LogP contribution in [0.3, 0.4) is 0 Å². The van der Waals surface area contributed by atoms with Crippen LogP contribution in [-0.2, 0) is 42.3 Å². The third-order valence-electron chi connectivity index (χ3n) is 0.143. The van der Waals surface area contributed by atoms with Gasteiger partial charge in [-0.15, -0.1) is 5.26 Å². The average Bonchev–Trinajstić information content (AvgIpc) is 1.30. The van der Waals surface area contributed by atoms with Crippen LogP contribution in [-0.4, -0.2) is 13.0 Å². The van der Waals surface area contributed by atoms with Crippen LogP contribution in [0.25, 0.3) is 0 Å². The van der Waals surface area contributed by atoms with E-state index < -0.39 is 10.4 Å². The molecule has 0 rings (SSSR count). The first-order valence-corrected chi connectivity index (χ1v) is 2.48. The van der Waals surface area contributed by atoms with E-state index in [2.05, 4.69) is 4.18 Å². The molecule has 0 aromatic rings. The molecule has 7 heteroatoms. The molecule has 5 nitrogen and oxygen atoms in total. The number of nitrogens with zero attached hydrogens (tertiary/aromatic N) is 1. The Hall–Kier alpha value is 0.135. The van der Waals surface area contributed by atoms with Crippen LogP contribution in [0.2, 0.25) is 0 Å². The van der Waals surface area contributed by atoms with Gasteiger partial charge in [0, 0.05) is 27.7 Å². The van der Waals surface area contributed by atoms with Gasteiger partial charge < -0.3 is 0 Å². The molecule has 0 unspecified atom stereocenters. The van der Waals surface area contributed by atoms with E-state index in [-0.39, 0.29) is 27.7 Å². The van der Waals surface area contributed by atoms with E-state index in [1.807, 2.05) is 0 Å². The summed E-state index contributed by atoms with van der Waals surface area (Å²) in [7, 11) is -4.54. The molecule has 0 aromatic heterocycles. The van der Waals surface area contributed by atoms with E-state index >= 15 is 0 Å². The maximum absolute atomic E-state index is 9.34. The van der Waals surface area contributed by atoms with Crippen molar-refractivity contribution >= 4 is 10.4 Å². The predicted molar refractivity (Wildman–Crippen MR) is 18.2 cm³/mol. The Balaban J connectivity index is 0. The molecule has 0 heterocycles. The van der Waals surface area contributed by atoms with Crippen molar-refractivity contribution in [3.8, 4) is 6.26 Å². The average molecular weight is 324 g/mol. The minimum absolute atomic E-state index is 0. The first-order valence-electron chi connectivity index (χ1n) is 1.11. The largest absolute Gasteiger partial charge is 0.456 e. The zero-order valence-corrected chi connectivity index (χ0v) is 10.0. The Morgan fingerprint density at radius 2 is 2.00 bits per heavy atom. The van der Waals surface area contributed by atoms with E-state index in [0.29, 0.717) is 0 Å². The smallest absolute Gasteiger partial charge is 0.281 e. The minimum Gasteiger partial charge on any atom is -0.281 e. The standard InChI is InChI=1S/CHNO4S.Hg/c2-1-6-7(3,4)5;/h(H,3,4,5);. The van der Waals surface area contributed by atoms with E-state index in [9.17, 15) is 8.42 Å². The topological polar surface area (TPSA) is 87.4 Å². The van der Waals surface area contributed by atoms with Crippen LogP contribution >= 0.6 is 0 Å². The van der Waals surface area contributed by atoms with Gasteiger partial charge in [-0.2, -0.15) is 8.42 Å². The second-order valence-electron chi connectivity index (χ2n) is 0.602. The molecular weight excluding hydrogens is 323 g/mol. The van der Waals surface area contributed by atoms with Gasteiger partial charge in [0.2, 0.25) is 0 Å². The Labute approximate surface area is 66.7 Å².